The number of benzene rings is 3. The first kappa shape index (κ1) is 24.6. The van der Waals surface area contributed by atoms with Crippen LogP contribution in [0.5, 0.6) is 5.75 Å². The zero-order chi connectivity index (χ0) is 25.4. The van der Waals surface area contributed by atoms with Crippen LogP contribution in [0.2, 0.25) is 5.02 Å². The van der Waals surface area contributed by atoms with Gasteiger partial charge < -0.3 is 10.1 Å². The predicted octanol–water partition coefficient (Wildman–Crippen LogP) is 8.18. The van der Waals surface area contributed by atoms with Gasteiger partial charge in [-0.25, -0.2) is 0 Å². The van der Waals surface area contributed by atoms with Crippen LogP contribution >= 0.6 is 27.5 Å². The van der Waals surface area contributed by atoms with Crippen molar-refractivity contribution in [3.05, 3.63) is 122 Å². The molecule has 0 bridgehead atoms. The standard InChI is InChI=1S/C31H27BrClNO2/c1-31(2)18-28-29(30(35)26(31)16-19-4-10-22(32)11-5-19)25(20-8-14-24(36-3)15-9-20)17-27(34-28)21-6-12-23(33)13-7-21/h4-17,25,34H,18H2,1-3H3/b26-16+. The smallest absolute Gasteiger partial charge is 0.188 e. The molecule has 1 heterocycles. The van der Waals surface area contributed by atoms with E-state index in [-0.39, 0.29) is 17.1 Å². The zero-order valence-corrected chi connectivity index (χ0v) is 22.8. The van der Waals surface area contributed by atoms with Gasteiger partial charge in [-0.15, -0.1) is 0 Å². The molecule has 1 unspecified atom stereocenters. The second kappa shape index (κ2) is 9.76. The fourth-order valence-electron chi connectivity index (χ4n) is 4.98. The van der Waals surface area contributed by atoms with Crippen molar-refractivity contribution >= 4 is 45.1 Å². The summed E-state index contributed by atoms with van der Waals surface area (Å²) >= 11 is 9.64. The lowest BCUT2D eigenvalue weighted by Gasteiger charge is -2.40. The van der Waals surface area contributed by atoms with Crippen molar-refractivity contribution in [2.45, 2.75) is 26.2 Å². The Kier molecular flexibility index (Phi) is 6.67. The molecule has 5 heteroatoms. The molecule has 3 aromatic carbocycles. The molecule has 1 N–H and O–H groups in total. The Hall–Kier alpha value is -3.08. The monoisotopic (exact) mass is 559 g/mol. The molecule has 0 saturated heterocycles. The van der Waals surface area contributed by atoms with Crippen LogP contribution in [0.15, 0.2) is 100 Å². The lowest BCUT2D eigenvalue weighted by molar-refractivity contribution is -0.113. The molecule has 1 aliphatic heterocycles. The third kappa shape index (κ3) is 4.80. The first-order chi connectivity index (χ1) is 17.2. The third-order valence-electron chi connectivity index (χ3n) is 6.90. The summed E-state index contributed by atoms with van der Waals surface area (Å²) in [5.41, 5.74) is 6.36. The molecule has 2 aliphatic rings. The first-order valence-electron chi connectivity index (χ1n) is 11.9. The Balaban J connectivity index is 1.63. The topological polar surface area (TPSA) is 38.3 Å². The van der Waals surface area contributed by atoms with Gasteiger partial charge in [-0.05, 0) is 77.1 Å². The molecule has 3 nitrogen and oxygen atoms in total. The van der Waals surface area contributed by atoms with Gasteiger partial charge in [0.1, 0.15) is 5.75 Å². The highest BCUT2D eigenvalue weighted by atomic mass is 79.9. The number of Topliss-reactive ketones (excluding diaryl/α,β-unsaturated/α-hetero) is 1. The van der Waals surface area contributed by atoms with Crippen LogP contribution in [0.1, 0.15) is 42.9 Å². The number of carbonyl (C=O) groups excluding carboxylic acids is 1. The summed E-state index contributed by atoms with van der Waals surface area (Å²) in [6.45, 7) is 4.29. The molecule has 1 aliphatic carbocycles. The molecule has 0 fully saturated rings. The number of hydrogen-bond donors (Lipinski definition) is 1. The number of rotatable bonds is 4. The van der Waals surface area contributed by atoms with Gasteiger partial charge in [0.25, 0.3) is 0 Å². The first-order valence-corrected chi connectivity index (χ1v) is 13.1. The van der Waals surface area contributed by atoms with Gasteiger partial charge in [0.15, 0.2) is 5.78 Å². The molecule has 3 aromatic rings. The molecule has 0 saturated carbocycles. The predicted molar refractivity (Wildman–Crippen MR) is 151 cm³/mol. The maximum Gasteiger partial charge on any atom is 0.188 e. The van der Waals surface area contributed by atoms with Crippen LogP contribution < -0.4 is 10.1 Å². The maximum absolute atomic E-state index is 14.2. The van der Waals surface area contributed by atoms with E-state index in [0.29, 0.717) is 5.02 Å². The number of ketones is 1. The van der Waals surface area contributed by atoms with E-state index in [4.69, 9.17) is 16.3 Å². The number of halogens is 2. The third-order valence-corrected chi connectivity index (χ3v) is 7.68. The normalized spacial score (nSPS) is 20.0. The van der Waals surface area contributed by atoms with Gasteiger partial charge in [0.2, 0.25) is 0 Å². The molecular weight excluding hydrogens is 534 g/mol. The van der Waals surface area contributed by atoms with E-state index in [1.165, 1.54) is 0 Å². The Morgan fingerprint density at radius 3 is 2.31 bits per heavy atom. The quantitative estimate of drug-likeness (QED) is 0.327. The van der Waals surface area contributed by atoms with Gasteiger partial charge in [-0.3, -0.25) is 4.79 Å². The minimum atomic E-state index is -0.330. The summed E-state index contributed by atoms with van der Waals surface area (Å²) in [5.74, 6) is 0.689. The number of allylic oxidation sites excluding steroid dienone is 4. The van der Waals surface area contributed by atoms with E-state index in [0.717, 1.165) is 55.9 Å². The lowest BCUT2D eigenvalue weighted by Crippen LogP contribution is -2.37. The zero-order valence-electron chi connectivity index (χ0n) is 20.4. The molecule has 5 rings (SSSR count). The maximum atomic E-state index is 14.2. The molecule has 0 spiro atoms. The van der Waals surface area contributed by atoms with Crippen LogP contribution in [0.25, 0.3) is 11.8 Å². The van der Waals surface area contributed by atoms with E-state index in [2.05, 4.69) is 41.2 Å². The van der Waals surface area contributed by atoms with Crippen LogP contribution in [0, 0.1) is 5.41 Å². The van der Waals surface area contributed by atoms with Crippen molar-refractivity contribution in [1.29, 1.82) is 0 Å². The van der Waals surface area contributed by atoms with Crippen molar-refractivity contribution in [3.63, 3.8) is 0 Å². The SMILES string of the molecule is COc1ccc(C2C=C(c3ccc(Cl)cc3)NC3=C2C(=O)/C(=C\c2ccc(Br)cc2)C(C)(C)C3)cc1. The summed E-state index contributed by atoms with van der Waals surface area (Å²) in [4.78, 5) is 14.2. The Morgan fingerprint density at radius 1 is 1.00 bits per heavy atom. The molecule has 0 amide bonds. The number of nitrogens with one attached hydrogen (secondary N) is 1. The lowest BCUT2D eigenvalue weighted by atomic mass is 9.67. The number of carbonyl (C=O) groups is 1. The largest absolute Gasteiger partial charge is 0.497 e. The highest BCUT2D eigenvalue weighted by Gasteiger charge is 2.42. The molecule has 182 valence electrons. The van der Waals surface area contributed by atoms with E-state index in [9.17, 15) is 4.79 Å². The van der Waals surface area contributed by atoms with E-state index in [1.807, 2.05) is 78.9 Å². The molecule has 36 heavy (non-hydrogen) atoms. The number of ether oxygens (including phenoxy) is 1. The summed E-state index contributed by atoms with van der Waals surface area (Å²) < 4.78 is 6.39. The number of hydrogen-bond acceptors (Lipinski definition) is 3. The van der Waals surface area contributed by atoms with Crippen molar-refractivity contribution in [3.8, 4) is 5.75 Å². The summed E-state index contributed by atoms with van der Waals surface area (Å²) in [5, 5.41) is 4.30. The van der Waals surface area contributed by atoms with E-state index in [1.54, 1.807) is 7.11 Å². The Labute approximate surface area is 225 Å². The summed E-state index contributed by atoms with van der Waals surface area (Å²) in [6, 6.07) is 23.8. The van der Waals surface area contributed by atoms with Gasteiger partial charge >= 0.3 is 0 Å². The van der Waals surface area contributed by atoms with Crippen LogP contribution in [-0.2, 0) is 4.79 Å². The van der Waals surface area contributed by atoms with Crippen molar-refractivity contribution in [2.75, 3.05) is 7.11 Å². The summed E-state index contributed by atoms with van der Waals surface area (Å²) in [7, 11) is 1.66. The Morgan fingerprint density at radius 2 is 1.67 bits per heavy atom. The second-order valence-electron chi connectivity index (χ2n) is 9.85. The van der Waals surface area contributed by atoms with Crippen molar-refractivity contribution < 1.29 is 9.53 Å². The highest BCUT2D eigenvalue weighted by Crippen LogP contribution is 2.48. The van der Waals surface area contributed by atoms with Gasteiger partial charge in [0.05, 0.1) is 7.11 Å². The molecular formula is C31H27BrClNO2. The average molecular weight is 561 g/mol. The summed E-state index contributed by atoms with van der Waals surface area (Å²) in [6.07, 6.45) is 4.92. The molecule has 0 radical (unpaired) electrons. The van der Waals surface area contributed by atoms with Crippen molar-refractivity contribution in [2.24, 2.45) is 5.41 Å². The van der Waals surface area contributed by atoms with Crippen molar-refractivity contribution in [1.82, 2.24) is 5.32 Å². The molecule has 0 aromatic heterocycles. The number of dihydropyridines is 1. The fourth-order valence-corrected chi connectivity index (χ4v) is 5.37. The fraction of sp³-hybridized carbons (Fsp3) is 0.194. The minimum Gasteiger partial charge on any atom is -0.497 e. The second-order valence-corrected chi connectivity index (χ2v) is 11.2. The van der Waals surface area contributed by atoms with E-state index < -0.39 is 0 Å². The Bertz CT molecular complexity index is 1400. The minimum absolute atomic E-state index is 0.0869. The van der Waals surface area contributed by atoms with Gasteiger partial charge in [-0.1, -0.05) is 77.8 Å². The van der Waals surface area contributed by atoms with Gasteiger partial charge in [0, 0.05) is 38.0 Å². The van der Waals surface area contributed by atoms with Crippen LogP contribution in [0.4, 0.5) is 0 Å². The van der Waals surface area contributed by atoms with E-state index >= 15 is 0 Å². The van der Waals surface area contributed by atoms with Crippen LogP contribution in [-0.4, -0.2) is 12.9 Å². The van der Waals surface area contributed by atoms with Gasteiger partial charge in [-0.2, -0.15) is 0 Å². The highest BCUT2D eigenvalue weighted by molar-refractivity contribution is 9.10. The number of methoxy groups -OCH3 is 1. The molecule has 1 atom stereocenters. The average Bonchev–Trinajstić information content (AvgIpc) is 2.87. The van der Waals surface area contributed by atoms with Crippen LogP contribution in [0.3, 0.4) is 0 Å².